The molecule has 1 N–H and O–H groups in total. The van der Waals surface area contributed by atoms with Gasteiger partial charge in [0.15, 0.2) is 0 Å². The van der Waals surface area contributed by atoms with Gasteiger partial charge in [-0.15, -0.1) is 0 Å². The second kappa shape index (κ2) is 6.06. The molecular formula is C15H24N2. The van der Waals surface area contributed by atoms with Crippen LogP contribution in [0.2, 0.25) is 0 Å². The topological polar surface area (TPSA) is 15.3 Å². The molecule has 0 bridgehead atoms. The molecular weight excluding hydrogens is 208 g/mol. The maximum Gasteiger partial charge on any atom is 0.0396 e. The van der Waals surface area contributed by atoms with E-state index < -0.39 is 0 Å². The third-order valence-electron chi connectivity index (χ3n) is 3.56. The minimum atomic E-state index is 0.670. The standard InChI is InChI=1S/C15H24N2/c1-3-10-16-14-8-6-11-17(12-14)15-9-5-4-7-13(15)2/h4-5,7,9,14,16H,3,6,8,10-12H2,1-2H3. The predicted molar refractivity (Wildman–Crippen MR) is 74.7 cm³/mol. The van der Waals surface area contributed by atoms with Gasteiger partial charge in [0.05, 0.1) is 0 Å². The average Bonchev–Trinajstić information content (AvgIpc) is 2.37. The van der Waals surface area contributed by atoms with Gasteiger partial charge in [-0.2, -0.15) is 0 Å². The van der Waals surface area contributed by atoms with Gasteiger partial charge in [-0.25, -0.2) is 0 Å². The van der Waals surface area contributed by atoms with Gasteiger partial charge < -0.3 is 10.2 Å². The first kappa shape index (κ1) is 12.4. The highest BCUT2D eigenvalue weighted by Crippen LogP contribution is 2.23. The molecule has 17 heavy (non-hydrogen) atoms. The lowest BCUT2D eigenvalue weighted by Gasteiger charge is -2.35. The van der Waals surface area contributed by atoms with Crippen LogP contribution >= 0.6 is 0 Å². The maximum atomic E-state index is 3.65. The van der Waals surface area contributed by atoms with Crippen molar-refractivity contribution in [2.75, 3.05) is 24.5 Å². The molecule has 94 valence electrons. The first-order valence-corrected chi connectivity index (χ1v) is 6.85. The van der Waals surface area contributed by atoms with Crippen LogP contribution in [-0.2, 0) is 0 Å². The number of hydrogen-bond acceptors (Lipinski definition) is 2. The minimum Gasteiger partial charge on any atom is -0.370 e. The van der Waals surface area contributed by atoms with E-state index in [1.54, 1.807) is 0 Å². The lowest BCUT2D eigenvalue weighted by molar-refractivity contribution is 0.423. The zero-order chi connectivity index (χ0) is 12.1. The molecule has 1 aliphatic heterocycles. The summed E-state index contributed by atoms with van der Waals surface area (Å²) >= 11 is 0. The maximum absolute atomic E-state index is 3.65. The summed E-state index contributed by atoms with van der Waals surface area (Å²) in [5, 5.41) is 3.65. The summed E-state index contributed by atoms with van der Waals surface area (Å²) in [7, 11) is 0. The van der Waals surface area contributed by atoms with Gasteiger partial charge in [0.25, 0.3) is 0 Å². The molecule has 0 saturated carbocycles. The predicted octanol–water partition coefficient (Wildman–Crippen LogP) is 2.96. The van der Waals surface area contributed by atoms with Gasteiger partial charge in [-0.3, -0.25) is 0 Å². The van der Waals surface area contributed by atoms with Crippen molar-refractivity contribution in [2.45, 2.75) is 39.2 Å². The number of para-hydroxylation sites is 1. The SMILES string of the molecule is CCCNC1CCCN(c2ccccc2C)C1. The fraction of sp³-hybridized carbons (Fsp3) is 0.600. The van der Waals surface area contributed by atoms with E-state index >= 15 is 0 Å². The molecule has 1 unspecified atom stereocenters. The van der Waals surface area contributed by atoms with E-state index in [9.17, 15) is 0 Å². The van der Waals surface area contributed by atoms with Crippen LogP contribution in [0.1, 0.15) is 31.7 Å². The average molecular weight is 232 g/mol. The molecule has 2 rings (SSSR count). The van der Waals surface area contributed by atoms with E-state index in [1.165, 1.54) is 37.1 Å². The monoisotopic (exact) mass is 232 g/mol. The smallest absolute Gasteiger partial charge is 0.0396 e. The summed E-state index contributed by atoms with van der Waals surface area (Å²) in [6, 6.07) is 9.39. The second-order valence-electron chi connectivity index (χ2n) is 5.03. The molecule has 0 aliphatic carbocycles. The third-order valence-corrected chi connectivity index (χ3v) is 3.56. The Balaban J connectivity index is 1.99. The summed E-state index contributed by atoms with van der Waals surface area (Å²) in [5.74, 6) is 0. The third kappa shape index (κ3) is 3.22. The highest BCUT2D eigenvalue weighted by Gasteiger charge is 2.19. The summed E-state index contributed by atoms with van der Waals surface area (Å²) in [6.45, 7) is 7.94. The molecule has 0 radical (unpaired) electrons. The molecule has 2 heteroatoms. The zero-order valence-electron chi connectivity index (χ0n) is 11.1. The largest absolute Gasteiger partial charge is 0.370 e. The normalized spacial score (nSPS) is 20.6. The van der Waals surface area contributed by atoms with Gasteiger partial charge in [-0.1, -0.05) is 25.1 Å². The number of hydrogen-bond donors (Lipinski definition) is 1. The number of benzene rings is 1. The summed E-state index contributed by atoms with van der Waals surface area (Å²) in [5.41, 5.74) is 2.80. The molecule has 1 aliphatic rings. The van der Waals surface area contributed by atoms with Crippen LogP contribution in [0.3, 0.4) is 0 Å². The fourth-order valence-corrected chi connectivity index (χ4v) is 2.63. The van der Waals surface area contributed by atoms with Crippen molar-refractivity contribution >= 4 is 5.69 Å². The van der Waals surface area contributed by atoms with Gasteiger partial charge in [-0.05, 0) is 44.4 Å². The molecule has 0 amide bonds. The van der Waals surface area contributed by atoms with Crippen LogP contribution < -0.4 is 10.2 Å². The first-order chi connectivity index (χ1) is 8.31. The van der Waals surface area contributed by atoms with Crippen molar-refractivity contribution in [3.63, 3.8) is 0 Å². The molecule has 0 aromatic heterocycles. The Morgan fingerprint density at radius 3 is 2.94 bits per heavy atom. The highest BCUT2D eigenvalue weighted by molar-refractivity contribution is 5.53. The van der Waals surface area contributed by atoms with Gasteiger partial charge in [0.2, 0.25) is 0 Å². The van der Waals surface area contributed by atoms with Gasteiger partial charge >= 0.3 is 0 Å². The first-order valence-electron chi connectivity index (χ1n) is 6.85. The van der Waals surface area contributed by atoms with Gasteiger partial charge in [0.1, 0.15) is 0 Å². The van der Waals surface area contributed by atoms with E-state index in [4.69, 9.17) is 0 Å². The fourth-order valence-electron chi connectivity index (χ4n) is 2.63. The van der Waals surface area contributed by atoms with Crippen molar-refractivity contribution in [1.29, 1.82) is 0 Å². The Morgan fingerprint density at radius 1 is 1.35 bits per heavy atom. The van der Waals surface area contributed by atoms with Crippen LogP contribution in [0.4, 0.5) is 5.69 Å². The van der Waals surface area contributed by atoms with E-state index in [0.717, 1.165) is 13.1 Å². The van der Waals surface area contributed by atoms with Crippen LogP contribution in [0, 0.1) is 6.92 Å². The van der Waals surface area contributed by atoms with Crippen LogP contribution in [0.5, 0.6) is 0 Å². The molecule has 1 aromatic rings. The quantitative estimate of drug-likeness (QED) is 0.858. The van der Waals surface area contributed by atoms with E-state index in [1.807, 2.05) is 0 Å². The molecule has 1 fully saturated rings. The van der Waals surface area contributed by atoms with Crippen LogP contribution in [0.15, 0.2) is 24.3 Å². The van der Waals surface area contributed by atoms with Crippen molar-refractivity contribution in [3.05, 3.63) is 29.8 Å². The van der Waals surface area contributed by atoms with E-state index in [0.29, 0.717) is 6.04 Å². The summed E-state index contributed by atoms with van der Waals surface area (Å²) < 4.78 is 0. The van der Waals surface area contributed by atoms with Crippen molar-refractivity contribution in [3.8, 4) is 0 Å². The lowest BCUT2D eigenvalue weighted by atomic mass is 10.0. The Kier molecular flexibility index (Phi) is 4.43. The molecule has 1 aromatic carbocycles. The Labute approximate surface area is 105 Å². The van der Waals surface area contributed by atoms with Crippen molar-refractivity contribution in [1.82, 2.24) is 5.32 Å². The highest BCUT2D eigenvalue weighted by atomic mass is 15.2. The molecule has 1 saturated heterocycles. The van der Waals surface area contributed by atoms with Crippen molar-refractivity contribution in [2.24, 2.45) is 0 Å². The Morgan fingerprint density at radius 2 is 2.18 bits per heavy atom. The van der Waals surface area contributed by atoms with Gasteiger partial charge in [0, 0.05) is 24.8 Å². The molecule has 2 nitrogen and oxygen atoms in total. The molecule has 1 heterocycles. The Hall–Kier alpha value is -1.02. The Bertz CT molecular complexity index is 349. The second-order valence-corrected chi connectivity index (χ2v) is 5.03. The van der Waals surface area contributed by atoms with E-state index in [-0.39, 0.29) is 0 Å². The number of nitrogens with one attached hydrogen (secondary N) is 1. The molecule has 0 spiro atoms. The lowest BCUT2D eigenvalue weighted by Crippen LogP contribution is -2.46. The number of aryl methyl sites for hydroxylation is 1. The minimum absolute atomic E-state index is 0.670. The zero-order valence-corrected chi connectivity index (χ0v) is 11.1. The summed E-state index contributed by atoms with van der Waals surface area (Å²) in [4.78, 5) is 2.53. The van der Waals surface area contributed by atoms with Crippen molar-refractivity contribution < 1.29 is 0 Å². The molecule has 1 atom stereocenters. The van der Waals surface area contributed by atoms with Crippen LogP contribution in [0.25, 0.3) is 0 Å². The number of nitrogens with zero attached hydrogens (tertiary/aromatic N) is 1. The number of anilines is 1. The van der Waals surface area contributed by atoms with Crippen LogP contribution in [-0.4, -0.2) is 25.7 Å². The number of piperidine rings is 1. The van der Waals surface area contributed by atoms with E-state index in [2.05, 4.69) is 48.3 Å². The number of rotatable bonds is 4. The summed E-state index contributed by atoms with van der Waals surface area (Å²) in [6.07, 6.45) is 3.85.